The maximum absolute atomic E-state index is 11.7. The largest absolute Gasteiger partial charge is 0.486 e. The Morgan fingerprint density at radius 1 is 1.33 bits per heavy atom. The van der Waals surface area contributed by atoms with Gasteiger partial charge in [-0.3, -0.25) is 4.79 Å². The molecule has 82 valence electrons. The Bertz CT molecular complexity index is 326. The predicted octanol–water partition coefficient (Wildman–Crippen LogP) is 2.19. The van der Waals surface area contributed by atoms with Crippen LogP contribution < -0.4 is 0 Å². The standard InChI is InChI=1S/C12H16O3/c1-8(2)12(13)11-7-14-9-5-3-4-6-10(9)15-11/h5-6,8,11H,3-4,7H2,1-2H3. The monoisotopic (exact) mass is 208 g/mol. The number of allylic oxidation sites excluding steroid dienone is 2. The minimum atomic E-state index is -0.425. The topological polar surface area (TPSA) is 35.5 Å². The van der Waals surface area contributed by atoms with Gasteiger partial charge in [-0.15, -0.1) is 0 Å². The van der Waals surface area contributed by atoms with E-state index in [1.54, 1.807) is 0 Å². The number of ketones is 1. The summed E-state index contributed by atoms with van der Waals surface area (Å²) in [6.07, 6.45) is 5.54. The molecule has 3 heteroatoms. The first-order valence-corrected chi connectivity index (χ1v) is 5.42. The zero-order valence-electron chi connectivity index (χ0n) is 9.16. The van der Waals surface area contributed by atoms with E-state index in [-0.39, 0.29) is 11.7 Å². The van der Waals surface area contributed by atoms with Gasteiger partial charge < -0.3 is 9.47 Å². The van der Waals surface area contributed by atoms with Crippen molar-refractivity contribution in [3.63, 3.8) is 0 Å². The summed E-state index contributed by atoms with van der Waals surface area (Å²) in [7, 11) is 0. The van der Waals surface area contributed by atoms with Crippen molar-refractivity contribution in [1.29, 1.82) is 0 Å². The van der Waals surface area contributed by atoms with Crippen LogP contribution in [0, 0.1) is 5.92 Å². The van der Waals surface area contributed by atoms with Crippen LogP contribution in [0.3, 0.4) is 0 Å². The lowest BCUT2D eigenvalue weighted by Gasteiger charge is -2.29. The van der Waals surface area contributed by atoms with Gasteiger partial charge in [-0.25, -0.2) is 0 Å². The highest BCUT2D eigenvalue weighted by Gasteiger charge is 2.30. The number of fused-ring (bicyclic) bond motifs is 1. The van der Waals surface area contributed by atoms with Crippen molar-refractivity contribution in [3.05, 3.63) is 23.7 Å². The van der Waals surface area contributed by atoms with Gasteiger partial charge in [0.15, 0.2) is 23.4 Å². The molecule has 1 fully saturated rings. The summed E-state index contributed by atoms with van der Waals surface area (Å²) in [5, 5.41) is 0. The number of ether oxygens (including phenoxy) is 2. The Kier molecular flexibility index (Phi) is 2.80. The predicted molar refractivity (Wildman–Crippen MR) is 56.1 cm³/mol. The van der Waals surface area contributed by atoms with Gasteiger partial charge in [0, 0.05) is 5.92 Å². The molecule has 1 heterocycles. The van der Waals surface area contributed by atoms with Crippen LogP contribution in [-0.4, -0.2) is 18.5 Å². The van der Waals surface area contributed by atoms with Gasteiger partial charge in [-0.05, 0) is 25.0 Å². The van der Waals surface area contributed by atoms with Crippen LogP contribution >= 0.6 is 0 Å². The second-order valence-corrected chi connectivity index (χ2v) is 4.19. The highest BCUT2D eigenvalue weighted by atomic mass is 16.6. The summed E-state index contributed by atoms with van der Waals surface area (Å²) >= 11 is 0. The van der Waals surface area contributed by atoms with Crippen LogP contribution in [0.25, 0.3) is 0 Å². The van der Waals surface area contributed by atoms with E-state index in [1.807, 2.05) is 26.0 Å². The molecule has 0 bridgehead atoms. The molecule has 1 aliphatic carbocycles. The molecule has 0 saturated carbocycles. The molecule has 0 spiro atoms. The molecular weight excluding hydrogens is 192 g/mol. The molecule has 2 aliphatic rings. The summed E-state index contributed by atoms with van der Waals surface area (Å²) in [6.45, 7) is 4.11. The number of Topliss-reactive ketones (excluding diaryl/α,β-unsaturated/α-hetero) is 1. The third-order valence-electron chi connectivity index (χ3n) is 2.61. The van der Waals surface area contributed by atoms with E-state index in [9.17, 15) is 4.79 Å². The van der Waals surface area contributed by atoms with Crippen molar-refractivity contribution < 1.29 is 14.3 Å². The van der Waals surface area contributed by atoms with E-state index in [0.717, 1.165) is 24.4 Å². The molecule has 0 aromatic carbocycles. The molecule has 1 aliphatic heterocycles. The Morgan fingerprint density at radius 2 is 2.00 bits per heavy atom. The SMILES string of the molecule is CC(C)C(=O)C1COC2=CCCC=C2O1. The molecule has 1 atom stereocenters. The number of carbonyl (C=O) groups is 1. The summed E-state index contributed by atoms with van der Waals surface area (Å²) < 4.78 is 11.1. The Morgan fingerprint density at radius 3 is 2.67 bits per heavy atom. The first-order valence-electron chi connectivity index (χ1n) is 5.42. The summed E-state index contributed by atoms with van der Waals surface area (Å²) in [6, 6.07) is 0. The number of hydrogen-bond donors (Lipinski definition) is 0. The highest BCUT2D eigenvalue weighted by Crippen LogP contribution is 2.27. The average molecular weight is 208 g/mol. The van der Waals surface area contributed by atoms with Gasteiger partial charge in [0.1, 0.15) is 6.61 Å². The zero-order chi connectivity index (χ0) is 10.8. The first kappa shape index (κ1) is 10.3. The summed E-state index contributed by atoms with van der Waals surface area (Å²) in [5.74, 6) is 1.65. The van der Waals surface area contributed by atoms with Crippen molar-refractivity contribution in [2.45, 2.75) is 32.8 Å². The van der Waals surface area contributed by atoms with E-state index in [0.29, 0.717) is 6.61 Å². The van der Waals surface area contributed by atoms with E-state index < -0.39 is 6.10 Å². The highest BCUT2D eigenvalue weighted by molar-refractivity contribution is 5.85. The molecule has 0 aromatic heterocycles. The van der Waals surface area contributed by atoms with E-state index in [4.69, 9.17) is 9.47 Å². The fraction of sp³-hybridized carbons (Fsp3) is 0.583. The lowest BCUT2D eigenvalue weighted by Crippen LogP contribution is -2.36. The molecule has 0 amide bonds. The molecule has 3 nitrogen and oxygen atoms in total. The van der Waals surface area contributed by atoms with Gasteiger partial charge in [0.2, 0.25) is 0 Å². The lowest BCUT2D eigenvalue weighted by molar-refractivity contribution is -0.137. The Labute approximate surface area is 89.8 Å². The van der Waals surface area contributed by atoms with E-state index in [1.165, 1.54) is 0 Å². The average Bonchev–Trinajstić information content (AvgIpc) is 2.27. The molecular formula is C12H16O3. The third-order valence-corrected chi connectivity index (χ3v) is 2.61. The quantitative estimate of drug-likeness (QED) is 0.697. The molecule has 0 N–H and O–H groups in total. The maximum Gasteiger partial charge on any atom is 0.191 e. The molecule has 1 saturated heterocycles. The van der Waals surface area contributed by atoms with Crippen LogP contribution in [0.2, 0.25) is 0 Å². The summed E-state index contributed by atoms with van der Waals surface area (Å²) in [5.41, 5.74) is 0. The first-order chi connectivity index (χ1) is 7.18. The Balaban J connectivity index is 2.06. The molecule has 2 rings (SSSR count). The van der Waals surface area contributed by atoms with Crippen LogP contribution in [0.1, 0.15) is 26.7 Å². The fourth-order valence-corrected chi connectivity index (χ4v) is 1.73. The lowest BCUT2D eigenvalue weighted by atomic mass is 10.0. The summed E-state index contributed by atoms with van der Waals surface area (Å²) in [4.78, 5) is 11.7. The Hall–Kier alpha value is -1.25. The van der Waals surface area contributed by atoms with Crippen molar-refractivity contribution in [2.24, 2.45) is 5.92 Å². The van der Waals surface area contributed by atoms with Gasteiger partial charge in [-0.1, -0.05) is 13.8 Å². The molecule has 15 heavy (non-hydrogen) atoms. The molecule has 1 unspecified atom stereocenters. The fourth-order valence-electron chi connectivity index (χ4n) is 1.73. The van der Waals surface area contributed by atoms with Crippen LogP contribution in [0.4, 0.5) is 0 Å². The number of rotatable bonds is 2. The minimum absolute atomic E-state index is 0.00619. The smallest absolute Gasteiger partial charge is 0.191 e. The number of carbonyl (C=O) groups excluding carboxylic acids is 1. The van der Waals surface area contributed by atoms with E-state index >= 15 is 0 Å². The second kappa shape index (κ2) is 4.09. The van der Waals surface area contributed by atoms with Crippen molar-refractivity contribution in [2.75, 3.05) is 6.61 Å². The van der Waals surface area contributed by atoms with Gasteiger partial charge in [0.05, 0.1) is 0 Å². The van der Waals surface area contributed by atoms with Gasteiger partial charge >= 0.3 is 0 Å². The van der Waals surface area contributed by atoms with Crippen LogP contribution in [0.5, 0.6) is 0 Å². The van der Waals surface area contributed by atoms with Gasteiger partial charge in [0.25, 0.3) is 0 Å². The van der Waals surface area contributed by atoms with Crippen molar-refractivity contribution in [1.82, 2.24) is 0 Å². The molecule has 0 aromatic rings. The van der Waals surface area contributed by atoms with Crippen LogP contribution in [-0.2, 0) is 14.3 Å². The van der Waals surface area contributed by atoms with Crippen molar-refractivity contribution >= 4 is 5.78 Å². The third kappa shape index (κ3) is 2.06. The maximum atomic E-state index is 11.7. The van der Waals surface area contributed by atoms with Gasteiger partial charge in [-0.2, -0.15) is 0 Å². The van der Waals surface area contributed by atoms with E-state index in [2.05, 4.69) is 0 Å². The zero-order valence-corrected chi connectivity index (χ0v) is 9.16. The normalized spacial score (nSPS) is 24.6. The van der Waals surface area contributed by atoms with Crippen LogP contribution in [0.15, 0.2) is 23.7 Å². The van der Waals surface area contributed by atoms with Crippen molar-refractivity contribution in [3.8, 4) is 0 Å². The second-order valence-electron chi connectivity index (χ2n) is 4.19. The molecule has 0 radical (unpaired) electrons. The number of hydrogen-bond acceptors (Lipinski definition) is 3. The minimum Gasteiger partial charge on any atom is -0.486 e.